The van der Waals surface area contributed by atoms with E-state index in [1.165, 1.54) is 18.8 Å². The van der Waals surface area contributed by atoms with Gasteiger partial charge in [0.1, 0.15) is 73.4 Å². The molecule has 4 heterocycles. The van der Waals surface area contributed by atoms with E-state index in [-0.39, 0.29) is 41.1 Å². The van der Waals surface area contributed by atoms with Crippen LogP contribution in [0.2, 0.25) is 0 Å². The second kappa shape index (κ2) is 18.5. The highest BCUT2D eigenvalue weighted by molar-refractivity contribution is 5.63. The molecule has 358 valence electrons. The van der Waals surface area contributed by atoms with Gasteiger partial charge in [0, 0.05) is 17.3 Å². The average Bonchev–Trinajstić information content (AvgIpc) is 3.60. The molecule has 63 heavy (non-hydrogen) atoms. The summed E-state index contributed by atoms with van der Waals surface area (Å²) >= 11 is 0. The Bertz CT molecular complexity index is 1680. The van der Waals surface area contributed by atoms with Crippen LogP contribution < -0.4 is 0 Å². The molecule has 4 saturated heterocycles. The maximum Gasteiger partial charge on any atom is 0.187 e. The van der Waals surface area contributed by atoms with Gasteiger partial charge in [-0.05, 0) is 94.8 Å². The molecule has 18 nitrogen and oxygen atoms in total. The number of hydrogen-bond donors (Lipinski definition) is 10. The molecule has 18 heteroatoms. The van der Waals surface area contributed by atoms with E-state index in [2.05, 4.69) is 26.0 Å². The van der Waals surface area contributed by atoms with E-state index < -0.39 is 123 Å². The Kier molecular flexibility index (Phi) is 14.1. The Balaban J connectivity index is 1.00. The molecule has 8 rings (SSSR count). The summed E-state index contributed by atoms with van der Waals surface area (Å²) < 4.78 is 42.5. The number of aldehydes is 1. The van der Waals surface area contributed by atoms with E-state index in [4.69, 9.17) is 33.2 Å². The maximum atomic E-state index is 13.4. The number of aliphatic hydroxyl groups excluding tert-OH is 10. The first-order valence-corrected chi connectivity index (χ1v) is 22.9. The number of carbonyl (C=O) groups excluding carboxylic acids is 1. The van der Waals surface area contributed by atoms with Crippen LogP contribution in [0.4, 0.5) is 0 Å². The molecule has 0 bridgehead atoms. The molecule has 26 atom stereocenters. The van der Waals surface area contributed by atoms with Gasteiger partial charge in [0.15, 0.2) is 25.2 Å². The van der Waals surface area contributed by atoms with Crippen molar-refractivity contribution in [1.29, 1.82) is 0 Å². The minimum atomic E-state index is -1.84. The van der Waals surface area contributed by atoms with Crippen LogP contribution in [-0.2, 0) is 38.0 Å². The van der Waals surface area contributed by atoms with E-state index >= 15 is 0 Å². The van der Waals surface area contributed by atoms with Gasteiger partial charge in [-0.25, -0.2) is 0 Å². The van der Waals surface area contributed by atoms with Crippen molar-refractivity contribution in [2.24, 2.45) is 46.3 Å². The smallest absolute Gasteiger partial charge is 0.187 e. The fraction of sp³-hybridized carbons (Fsp3) is 0.889. The van der Waals surface area contributed by atoms with Crippen molar-refractivity contribution in [3.63, 3.8) is 0 Å². The molecular weight excluding hydrogens is 828 g/mol. The predicted molar refractivity (Wildman–Crippen MR) is 216 cm³/mol. The summed E-state index contributed by atoms with van der Waals surface area (Å²) in [7, 11) is 0. The van der Waals surface area contributed by atoms with Gasteiger partial charge in [-0.1, -0.05) is 37.1 Å². The molecule has 0 aromatic rings. The Morgan fingerprint density at radius 3 is 1.97 bits per heavy atom. The minimum Gasteiger partial charge on any atom is -0.394 e. The molecule has 0 unspecified atom stereocenters. The number of aliphatic hydroxyl groups is 10. The minimum absolute atomic E-state index is 0.0102. The van der Waals surface area contributed by atoms with Crippen molar-refractivity contribution in [2.75, 3.05) is 13.2 Å². The molecule has 7 fully saturated rings. The van der Waals surface area contributed by atoms with Gasteiger partial charge in [-0.2, -0.15) is 0 Å². The van der Waals surface area contributed by atoms with Crippen LogP contribution >= 0.6 is 0 Å². The number of carbonyl (C=O) groups is 1. The van der Waals surface area contributed by atoms with E-state index in [1.54, 1.807) is 0 Å². The second-order valence-electron chi connectivity index (χ2n) is 20.3. The largest absolute Gasteiger partial charge is 0.394 e. The van der Waals surface area contributed by atoms with Crippen LogP contribution in [0.3, 0.4) is 0 Å². The molecule has 4 aliphatic carbocycles. The molecule has 10 N–H and O–H groups in total. The normalized spacial score (nSPS) is 54.5. The molecule has 0 amide bonds. The lowest BCUT2D eigenvalue weighted by molar-refractivity contribution is -0.394. The standard InChI is InChI=1S/C45H70O18/c1-18(2)12-24-19(3)30-27(59-40(24)56)14-26-23-7-6-21-13-22(8-10-44(21,5)25(23)9-11-45(26,30)17-48)58-42-38(35(53)32(50)28(15-46)60-42)63-43-39(36(54)33(51)29(16-47)61-43)62-41-37(55)34(52)31(49)20(4)57-41/h6,12,17,19-20,22-43,46-47,49-56H,7-11,13-16H2,1-5H3/t19-,20+,22+,23-,24-,25+,26+,27+,28-,29-,30+,31+,32-,33-,34-,35+,36+,37-,38-,39+,40-,41+,42-,43+,44+,45-/m1/s1. The zero-order chi connectivity index (χ0) is 45.4. The molecular formula is C45H70O18. The molecule has 0 aromatic carbocycles. The lowest BCUT2D eigenvalue weighted by atomic mass is 9.46. The summed E-state index contributed by atoms with van der Waals surface area (Å²) in [4.78, 5) is 13.4. The van der Waals surface area contributed by atoms with Crippen LogP contribution in [0.15, 0.2) is 23.3 Å². The van der Waals surface area contributed by atoms with Gasteiger partial charge < -0.3 is 89.0 Å². The zero-order valence-corrected chi connectivity index (χ0v) is 36.7. The second-order valence-corrected chi connectivity index (χ2v) is 20.3. The zero-order valence-electron chi connectivity index (χ0n) is 36.7. The Morgan fingerprint density at radius 2 is 1.37 bits per heavy atom. The maximum absolute atomic E-state index is 13.4. The van der Waals surface area contributed by atoms with Crippen LogP contribution in [-0.4, -0.2) is 181 Å². The fourth-order valence-electron chi connectivity index (χ4n) is 13.3. The lowest BCUT2D eigenvalue weighted by Crippen LogP contribution is -2.67. The molecule has 3 saturated carbocycles. The summed E-state index contributed by atoms with van der Waals surface area (Å²) in [5, 5.41) is 107. The third kappa shape index (κ3) is 8.23. The van der Waals surface area contributed by atoms with Crippen molar-refractivity contribution in [1.82, 2.24) is 0 Å². The van der Waals surface area contributed by atoms with Crippen LogP contribution in [0.25, 0.3) is 0 Å². The molecule has 0 spiro atoms. The number of hydrogen-bond acceptors (Lipinski definition) is 18. The number of allylic oxidation sites excluding steroid dienone is 2. The van der Waals surface area contributed by atoms with Crippen LogP contribution in [0.1, 0.15) is 79.6 Å². The van der Waals surface area contributed by atoms with Crippen LogP contribution in [0, 0.1) is 46.3 Å². The average molecular weight is 899 g/mol. The van der Waals surface area contributed by atoms with Crippen molar-refractivity contribution in [2.45, 2.75) is 190 Å². The first kappa shape index (κ1) is 47.9. The Hall–Kier alpha value is -1.53. The molecule has 0 aromatic heterocycles. The predicted octanol–water partition coefficient (Wildman–Crippen LogP) is -0.849. The first-order valence-electron chi connectivity index (χ1n) is 22.9. The summed E-state index contributed by atoms with van der Waals surface area (Å²) in [6, 6.07) is 0. The van der Waals surface area contributed by atoms with Crippen molar-refractivity contribution in [3.05, 3.63) is 23.3 Å². The highest BCUT2D eigenvalue weighted by Gasteiger charge is 2.67. The third-order valence-corrected chi connectivity index (χ3v) is 16.7. The van der Waals surface area contributed by atoms with Gasteiger partial charge in [0.25, 0.3) is 0 Å². The van der Waals surface area contributed by atoms with Crippen LogP contribution in [0.5, 0.6) is 0 Å². The lowest BCUT2D eigenvalue weighted by Gasteiger charge is -2.58. The van der Waals surface area contributed by atoms with Gasteiger partial charge in [0.05, 0.1) is 31.5 Å². The van der Waals surface area contributed by atoms with Crippen molar-refractivity contribution < 1.29 is 89.0 Å². The summed E-state index contributed by atoms with van der Waals surface area (Å²) in [6.07, 6.45) is -14.7. The first-order chi connectivity index (χ1) is 29.9. The van der Waals surface area contributed by atoms with E-state index in [0.717, 1.165) is 37.7 Å². The SMILES string of the molecule is CC(C)=C[C@@H]1[C@@H](C)[C@H]2[C@H](C[C@H]3[C@@H]4CC=C5C[C@@H](O[C@@H]6O[C@H](CO)[C@@H](O)[C@H](O)[C@H]6O[C@@H]6O[C@H](CO)[C@@H](O)[C@H](O)[C@@H]6O[C@@H]6O[C@@H](C)[C@H](O)[C@@H](O)[C@H]6O)CC[C@]5(C)[C@H]4CC[C@]23C=O)O[C@H]1O. The highest BCUT2D eigenvalue weighted by Crippen LogP contribution is 2.68. The highest BCUT2D eigenvalue weighted by atomic mass is 16.8. The van der Waals surface area contributed by atoms with Gasteiger partial charge >= 0.3 is 0 Å². The van der Waals surface area contributed by atoms with E-state index in [9.17, 15) is 55.9 Å². The number of rotatable bonds is 10. The fourth-order valence-corrected chi connectivity index (χ4v) is 13.3. The number of ether oxygens (including phenoxy) is 7. The van der Waals surface area contributed by atoms with Gasteiger partial charge in [-0.3, -0.25) is 0 Å². The summed E-state index contributed by atoms with van der Waals surface area (Å²) in [5.74, 6) is 0.543. The van der Waals surface area contributed by atoms with Gasteiger partial charge in [-0.15, -0.1) is 0 Å². The quantitative estimate of drug-likeness (QED) is 0.0945. The Labute approximate surface area is 367 Å². The monoisotopic (exact) mass is 898 g/mol. The van der Waals surface area contributed by atoms with Crippen molar-refractivity contribution in [3.8, 4) is 0 Å². The summed E-state index contributed by atoms with van der Waals surface area (Å²) in [6.45, 7) is 8.47. The third-order valence-electron chi connectivity index (χ3n) is 16.7. The van der Waals surface area contributed by atoms with Crippen molar-refractivity contribution >= 4 is 6.29 Å². The van der Waals surface area contributed by atoms with Gasteiger partial charge in [0.2, 0.25) is 0 Å². The topological polar surface area (TPSA) is 284 Å². The molecule has 4 aliphatic heterocycles. The molecule has 8 aliphatic rings. The number of fused-ring (bicyclic) bond motifs is 7. The van der Waals surface area contributed by atoms with E-state index in [0.29, 0.717) is 18.8 Å². The Morgan fingerprint density at radius 1 is 0.746 bits per heavy atom. The van der Waals surface area contributed by atoms with E-state index in [1.807, 2.05) is 13.8 Å². The summed E-state index contributed by atoms with van der Waals surface area (Å²) in [5.41, 5.74) is 1.58. The molecule has 0 radical (unpaired) electrons.